The molecule has 0 aromatic heterocycles. The number of hydrogen-bond acceptors (Lipinski definition) is 2. The van der Waals surface area contributed by atoms with E-state index in [0.29, 0.717) is 5.69 Å². The van der Waals surface area contributed by atoms with Crippen molar-refractivity contribution in [1.29, 1.82) is 0 Å². The second-order valence-corrected chi connectivity index (χ2v) is 6.18. The van der Waals surface area contributed by atoms with Gasteiger partial charge in [-0.15, -0.1) is 0 Å². The third-order valence-corrected chi connectivity index (χ3v) is 4.77. The van der Waals surface area contributed by atoms with Crippen LogP contribution in [-0.2, 0) is 4.79 Å². The molecule has 1 aliphatic carbocycles. The van der Waals surface area contributed by atoms with Crippen LogP contribution in [0, 0.1) is 18.8 Å². The third-order valence-electron chi connectivity index (χ3n) is 4.77. The van der Waals surface area contributed by atoms with Crippen molar-refractivity contribution in [3.05, 3.63) is 29.8 Å². The topological polar surface area (TPSA) is 49.4 Å². The summed E-state index contributed by atoms with van der Waals surface area (Å²) in [7, 11) is 0. The lowest BCUT2D eigenvalue weighted by Crippen LogP contribution is -2.62. The number of fused-ring (bicyclic) bond motifs is 1. The van der Waals surface area contributed by atoms with Crippen molar-refractivity contribution >= 4 is 17.6 Å². The second kappa shape index (κ2) is 5.54. The number of alkyl halides is 3. The van der Waals surface area contributed by atoms with Gasteiger partial charge in [0, 0.05) is 5.69 Å². The molecule has 1 aliphatic heterocycles. The van der Waals surface area contributed by atoms with Gasteiger partial charge in [-0.1, -0.05) is 18.2 Å². The van der Waals surface area contributed by atoms with Crippen LogP contribution < -0.4 is 10.2 Å². The van der Waals surface area contributed by atoms with E-state index in [1.54, 1.807) is 31.2 Å². The summed E-state index contributed by atoms with van der Waals surface area (Å²) in [5.41, 5.74) is 1.33. The Hall–Kier alpha value is -2.05. The summed E-state index contributed by atoms with van der Waals surface area (Å²) >= 11 is 0. The number of hydrogen-bond donors (Lipinski definition) is 1. The summed E-state index contributed by atoms with van der Waals surface area (Å²) in [4.78, 5) is 25.6. The van der Waals surface area contributed by atoms with Gasteiger partial charge in [0.2, 0.25) is 5.91 Å². The maximum atomic E-state index is 13.1. The Morgan fingerprint density at radius 3 is 2.52 bits per heavy atom. The van der Waals surface area contributed by atoms with Crippen molar-refractivity contribution in [1.82, 2.24) is 5.32 Å². The SMILES string of the molecule is Cc1ccccc1N1C(=O)NC(=O)C2CCC(C(F)(F)F)CC21. The Morgan fingerprint density at radius 1 is 1.17 bits per heavy atom. The van der Waals surface area contributed by atoms with Gasteiger partial charge >= 0.3 is 12.2 Å². The summed E-state index contributed by atoms with van der Waals surface area (Å²) in [5, 5.41) is 2.27. The van der Waals surface area contributed by atoms with Gasteiger partial charge in [0.25, 0.3) is 0 Å². The number of amides is 3. The van der Waals surface area contributed by atoms with Crippen LogP contribution in [0.25, 0.3) is 0 Å². The molecule has 2 aliphatic rings. The highest BCUT2D eigenvalue weighted by Crippen LogP contribution is 2.43. The molecule has 1 N–H and O–H groups in total. The molecule has 3 amide bonds. The summed E-state index contributed by atoms with van der Waals surface area (Å²) in [6, 6.07) is 5.61. The van der Waals surface area contributed by atoms with E-state index in [1.165, 1.54) is 4.90 Å². The predicted molar refractivity (Wildman–Crippen MR) is 77.9 cm³/mol. The van der Waals surface area contributed by atoms with Gasteiger partial charge in [0.05, 0.1) is 17.9 Å². The van der Waals surface area contributed by atoms with Gasteiger partial charge in [-0.3, -0.25) is 15.0 Å². The molecule has 7 heteroatoms. The minimum Gasteiger partial charge on any atom is -0.290 e. The molecule has 1 saturated heterocycles. The number of benzene rings is 1. The van der Waals surface area contributed by atoms with Crippen molar-refractivity contribution in [2.24, 2.45) is 11.8 Å². The third kappa shape index (κ3) is 2.80. The predicted octanol–water partition coefficient (Wildman–Crippen LogP) is 3.40. The molecular weight excluding hydrogens is 309 g/mol. The van der Waals surface area contributed by atoms with E-state index >= 15 is 0 Å². The zero-order chi connectivity index (χ0) is 16.8. The number of nitrogens with one attached hydrogen (secondary N) is 1. The lowest BCUT2D eigenvalue weighted by atomic mass is 9.75. The molecule has 1 aromatic rings. The zero-order valence-corrected chi connectivity index (χ0v) is 12.6. The molecular formula is C16H17F3N2O2. The van der Waals surface area contributed by atoms with E-state index in [4.69, 9.17) is 0 Å². The summed E-state index contributed by atoms with van der Waals surface area (Å²) in [5.74, 6) is -2.54. The number of carbonyl (C=O) groups excluding carboxylic acids is 2. The fraction of sp³-hybridized carbons (Fsp3) is 0.500. The van der Waals surface area contributed by atoms with Gasteiger partial charge in [0.15, 0.2) is 0 Å². The summed E-state index contributed by atoms with van der Waals surface area (Å²) in [6.45, 7) is 1.79. The maximum Gasteiger partial charge on any atom is 0.391 e. The van der Waals surface area contributed by atoms with E-state index < -0.39 is 36.0 Å². The van der Waals surface area contributed by atoms with Crippen LogP contribution in [0.1, 0.15) is 24.8 Å². The molecule has 3 unspecified atom stereocenters. The maximum absolute atomic E-state index is 13.1. The number of urea groups is 1. The molecule has 0 radical (unpaired) electrons. The van der Waals surface area contributed by atoms with E-state index in [9.17, 15) is 22.8 Å². The average molecular weight is 326 g/mol. The Labute approximate surface area is 131 Å². The first kappa shape index (κ1) is 15.8. The van der Waals surface area contributed by atoms with Crippen LogP contribution in [0.5, 0.6) is 0 Å². The molecule has 1 heterocycles. The standard InChI is InChI=1S/C16H17F3N2O2/c1-9-4-2-3-5-12(9)21-13-8-10(16(17,18)19)6-7-11(13)14(22)20-15(21)23/h2-5,10-11,13H,6-8H2,1H3,(H,20,22,23). The average Bonchev–Trinajstić information content (AvgIpc) is 2.47. The molecule has 3 atom stereocenters. The Morgan fingerprint density at radius 2 is 1.87 bits per heavy atom. The van der Waals surface area contributed by atoms with Crippen LogP contribution >= 0.6 is 0 Å². The lowest BCUT2D eigenvalue weighted by molar-refractivity contribution is -0.186. The highest BCUT2D eigenvalue weighted by molar-refractivity contribution is 6.07. The van der Waals surface area contributed by atoms with E-state index in [0.717, 1.165) is 5.56 Å². The number of rotatable bonds is 1. The molecule has 23 heavy (non-hydrogen) atoms. The minimum atomic E-state index is -4.31. The molecule has 1 saturated carbocycles. The fourth-order valence-corrected chi connectivity index (χ4v) is 3.57. The molecule has 1 aromatic carbocycles. The van der Waals surface area contributed by atoms with Crippen LogP contribution in [-0.4, -0.2) is 24.2 Å². The second-order valence-electron chi connectivity index (χ2n) is 6.18. The first-order chi connectivity index (χ1) is 10.8. The number of para-hydroxylation sites is 1. The first-order valence-electron chi connectivity index (χ1n) is 7.55. The number of halogens is 3. The minimum absolute atomic E-state index is 0.0755. The van der Waals surface area contributed by atoms with E-state index in [1.807, 2.05) is 0 Å². The first-order valence-corrected chi connectivity index (χ1v) is 7.55. The molecule has 2 fully saturated rings. The summed E-state index contributed by atoms with van der Waals surface area (Å²) in [6.07, 6.45) is -4.48. The van der Waals surface area contributed by atoms with Gasteiger partial charge in [-0.25, -0.2) is 4.79 Å². The van der Waals surface area contributed by atoms with Crippen molar-refractivity contribution in [2.75, 3.05) is 4.90 Å². The molecule has 0 bridgehead atoms. The quantitative estimate of drug-likeness (QED) is 0.860. The molecule has 0 spiro atoms. The number of imide groups is 1. The monoisotopic (exact) mass is 326 g/mol. The van der Waals surface area contributed by atoms with Gasteiger partial charge in [-0.05, 0) is 37.8 Å². The smallest absolute Gasteiger partial charge is 0.290 e. The Kier molecular flexibility index (Phi) is 3.82. The van der Waals surface area contributed by atoms with Crippen LogP contribution in [0.4, 0.5) is 23.7 Å². The Bertz CT molecular complexity index is 644. The highest BCUT2D eigenvalue weighted by Gasteiger charge is 2.51. The van der Waals surface area contributed by atoms with Crippen molar-refractivity contribution < 1.29 is 22.8 Å². The number of nitrogens with zero attached hydrogens (tertiary/aromatic N) is 1. The number of aryl methyl sites for hydroxylation is 1. The summed E-state index contributed by atoms with van der Waals surface area (Å²) < 4.78 is 39.3. The van der Waals surface area contributed by atoms with E-state index in [-0.39, 0.29) is 19.3 Å². The largest absolute Gasteiger partial charge is 0.391 e. The van der Waals surface area contributed by atoms with Crippen LogP contribution in [0.3, 0.4) is 0 Å². The van der Waals surface area contributed by atoms with Crippen molar-refractivity contribution in [3.63, 3.8) is 0 Å². The number of anilines is 1. The van der Waals surface area contributed by atoms with Gasteiger partial charge in [0.1, 0.15) is 0 Å². The van der Waals surface area contributed by atoms with Gasteiger partial charge < -0.3 is 0 Å². The molecule has 3 rings (SSSR count). The van der Waals surface area contributed by atoms with Gasteiger partial charge in [-0.2, -0.15) is 13.2 Å². The zero-order valence-electron chi connectivity index (χ0n) is 12.6. The van der Waals surface area contributed by atoms with Crippen molar-refractivity contribution in [3.8, 4) is 0 Å². The number of carbonyl (C=O) groups is 2. The highest BCUT2D eigenvalue weighted by atomic mass is 19.4. The lowest BCUT2D eigenvalue weighted by Gasteiger charge is -2.45. The van der Waals surface area contributed by atoms with Crippen LogP contribution in [0.2, 0.25) is 0 Å². The Balaban J connectivity index is 1.98. The molecule has 124 valence electrons. The fourth-order valence-electron chi connectivity index (χ4n) is 3.57. The van der Waals surface area contributed by atoms with Crippen molar-refractivity contribution in [2.45, 2.75) is 38.4 Å². The van der Waals surface area contributed by atoms with Crippen LogP contribution in [0.15, 0.2) is 24.3 Å². The van der Waals surface area contributed by atoms with E-state index in [2.05, 4.69) is 5.32 Å². The normalized spacial score (nSPS) is 28.3. The molecule has 4 nitrogen and oxygen atoms in total.